The summed E-state index contributed by atoms with van der Waals surface area (Å²) in [6.07, 6.45) is 1.14. The Morgan fingerprint density at radius 2 is 1.59 bits per heavy atom. The fraction of sp³-hybridized carbons (Fsp3) is 0.600. The second-order valence-electron chi connectivity index (χ2n) is 4.88. The van der Waals surface area contributed by atoms with Crippen LogP contribution in [0.5, 0.6) is 0 Å². The van der Waals surface area contributed by atoms with E-state index >= 15 is 0 Å². The molecular formula is C15H24N2. The van der Waals surface area contributed by atoms with E-state index in [9.17, 15) is 0 Å². The Labute approximate surface area is 105 Å². The highest BCUT2D eigenvalue weighted by Crippen LogP contribution is 2.11. The minimum absolute atomic E-state index is 1.12. The van der Waals surface area contributed by atoms with Gasteiger partial charge in [0.2, 0.25) is 0 Å². The monoisotopic (exact) mass is 232 g/mol. The van der Waals surface area contributed by atoms with Gasteiger partial charge in [0.15, 0.2) is 0 Å². The van der Waals surface area contributed by atoms with E-state index in [1.165, 1.54) is 43.9 Å². The van der Waals surface area contributed by atoms with E-state index in [0.29, 0.717) is 0 Å². The van der Waals surface area contributed by atoms with Crippen LogP contribution in [0.15, 0.2) is 24.3 Å². The maximum atomic E-state index is 2.57. The summed E-state index contributed by atoms with van der Waals surface area (Å²) in [6.45, 7) is 11.7. The number of hydrogen-bond donors (Lipinski definition) is 0. The predicted molar refractivity (Wildman–Crippen MR) is 73.2 cm³/mol. The summed E-state index contributed by atoms with van der Waals surface area (Å²) in [6, 6.07) is 9.02. The zero-order valence-corrected chi connectivity index (χ0v) is 11.2. The number of piperazine rings is 1. The van der Waals surface area contributed by atoms with Crippen LogP contribution >= 0.6 is 0 Å². The standard InChI is InChI=1S/C15H24N2/c1-3-14-6-5-7-15(12-14)13-17-10-8-16(4-2)9-11-17/h5-7,12H,3-4,8-11,13H2,1-2H3. The highest BCUT2D eigenvalue weighted by Gasteiger charge is 2.15. The van der Waals surface area contributed by atoms with Gasteiger partial charge in [0.25, 0.3) is 0 Å². The molecule has 0 unspecified atom stereocenters. The van der Waals surface area contributed by atoms with Gasteiger partial charge in [-0.15, -0.1) is 0 Å². The molecule has 0 spiro atoms. The molecule has 2 nitrogen and oxygen atoms in total. The van der Waals surface area contributed by atoms with E-state index in [4.69, 9.17) is 0 Å². The van der Waals surface area contributed by atoms with Gasteiger partial charge < -0.3 is 4.90 Å². The Bertz CT molecular complexity index is 341. The van der Waals surface area contributed by atoms with E-state index in [0.717, 1.165) is 13.0 Å². The van der Waals surface area contributed by atoms with Gasteiger partial charge in [-0.25, -0.2) is 0 Å². The molecule has 1 aromatic rings. The summed E-state index contributed by atoms with van der Waals surface area (Å²) in [5, 5.41) is 0. The molecule has 2 rings (SSSR count). The van der Waals surface area contributed by atoms with Crippen molar-refractivity contribution in [1.29, 1.82) is 0 Å². The Morgan fingerprint density at radius 1 is 0.941 bits per heavy atom. The summed E-state index contributed by atoms with van der Waals surface area (Å²) in [4.78, 5) is 5.10. The van der Waals surface area contributed by atoms with Crippen LogP contribution < -0.4 is 0 Å². The van der Waals surface area contributed by atoms with E-state index in [2.05, 4.69) is 47.9 Å². The maximum absolute atomic E-state index is 2.57. The molecule has 17 heavy (non-hydrogen) atoms. The maximum Gasteiger partial charge on any atom is 0.0234 e. The first-order chi connectivity index (χ1) is 8.31. The smallest absolute Gasteiger partial charge is 0.0234 e. The minimum atomic E-state index is 1.12. The van der Waals surface area contributed by atoms with Crippen molar-refractivity contribution in [3.8, 4) is 0 Å². The first kappa shape index (κ1) is 12.6. The Kier molecular flexibility index (Phi) is 4.57. The molecule has 0 bridgehead atoms. The van der Waals surface area contributed by atoms with Gasteiger partial charge in [0.05, 0.1) is 0 Å². The zero-order chi connectivity index (χ0) is 12.1. The van der Waals surface area contributed by atoms with Gasteiger partial charge in [0, 0.05) is 32.7 Å². The second-order valence-corrected chi connectivity index (χ2v) is 4.88. The van der Waals surface area contributed by atoms with Crippen LogP contribution in [-0.2, 0) is 13.0 Å². The van der Waals surface area contributed by atoms with Crippen molar-refractivity contribution in [2.45, 2.75) is 26.8 Å². The van der Waals surface area contributed by atoms with E-state index in [1.54, 1.807) is 0 Å². The molecule has 1 aliphatic heterocycles. The molecular weight excluding hydrogens is 208 g/mol. The third-order valence-corrected chi connectivity index (χ3v) is 3.72. The quantitative estimate of drug-likeness (QED) is 0.786. The van der Waals surface area contributed by atoms with Crippen LogP contribution in [-0.4, -0.2) is 42.5 Å². The average molecular weight is 232 g/mol. The van der Waals surface area contributed by atoms with E-state index in [1.807, 2.05) is 0 Å². The Morgan fingerprint density at radius 3 is 2.24 bits per heavy atom. The molecule has 1 heterocycles. The highest BCUT2D eigenvalue weighted by atomic mass is 15.3. The van der Waals surface area contributed by atoms with Gasteiger partial charge in [0.1, 0.15) is 0 Å². The number of hydrogen-bond acceptors (Lipinski definition) is 2. The summed E-state index contributed by atoms with van der Waals surface area (Å²) in [5.41, 5.74) is 2.92. The van der Waals surface area contributed by atoms with Crippen LogP contribution in [0, 0.1) is 0 Å². The number of rotatable bonds is 4. The van der Waals surface area contributed by atoms with Gasteiger partial charge >= 0.3 is 0 Å². The highest BCUT2D eigenvalue weighted by molar-refractivity contribution is 5.23. The second kappa shape index (κ2) is 6.18. The normalized spacial score (nSPS) is 18.5. The molecule has 0 aromatic heterocycles. The van der Waals surface area contributed by atoms with Crippen LogP contribution in [0.2, 0.25) is 0 Å². The molecule has 1 saturated heterocycles. The van der Waals surface area contributed by atoms with E-state index < -0.39 is 0 Å². The third kappa shape index (κ3) is 3.55. The summed E-state index contributed by atoms with van der Waals surface area (Å²) in [5.74, 6) is 0. The van der Waals surface area contributed by atoms with Crippen molar-refractivity contribution in [3.05, 3.63) is 35.4 Å². The molecule has 94 valence electrons. The molecule has 2 heteroatoms. The number of aryl methyl sites for hydroxylation is 1. The first-order valence-electron chi connectivity index (χ1n) is 6.84. The van der Waals surface area contributed by atoms with Crippen molar-refractivity contribution < 1.29 is 0 Å². The Hall–Kier alpha value is -0.860. The largest absolute Gasteiger partial charge is 0.301 e. The van der Waals surface area contributed by atoms with Crippen LogP contribution in [0.25, 0.3) is 0 Å². The van der Waals surface area contributed by atoms with Crippen molar-refractivity contribution in [2.24, 2.45) is 0 Å². The molecule has 1 fully saturated rings. The SMILES string of the molecule is CCc1cccc(CN2CCN(CC)CC2)c1. The third-order valence-electron chi connectivity index (χ3n) is 3.72. The van der Waals surface area contributed by atoms with E-state index in [-0.39, 0.29) is 0 Å². The summed E-state index contributed by atoms with van der Waals surface area (Å²) < 4.78 is 0. The molecule has 1 aromatic carbocycles. The van der Waals surface area contributed by atoms with Gasteiger partial charge in [-0.1, -0.05) is 38.1 Å². The van der Waals surface area contributed by atoms with Crippen molar-refractivity contribution >= 4 is 0 Å². The first-order valence-corrected chi connectivity index (χ1v) is 6.84. The lowest BCUT2D eigenvalue weighted by Gasteiger charge is -2.34. The number of likely N-dealkylation sites (N-methyl/N-ethyl adjacent to an activating group) is 1. The van der Waals surface area contributed by atoms with Crippen molar-refractivity contribution in [2.75, 3.05) is 32.7 Å². The zero-order valence-electron chi connectivity index (χ0n) is 11.2. The molecule has 0 radical (unpaired) electrons. The summed E-state index contributed by atoms with van der Waals surface area (Å²) in [7, 11) is 0. The lowest BCUT2D eigenvalue weighted by atomic mass is 10.1. The number of benzene rings is 1. The minimum Gasteiger partial charge on any atom is -0.301 e. The van der Waals surface area contributed by atoms with Crippen LogP contribution in [0.3, 0.4) is 0 Å². The van der Waals surface area contributed by atoms with Gasteiger partial charge in [-0.2, -0.15) is 0 Å². The molecule has 0 amide bonds. The topological polar surface area (TPSA) is 6.48 Å². The lowest BCUT2D eigenvalue weighted by molar-refractivity contribution is 0.132. The molecule has 0 atom stereocenters. The van der Waals surface area contributed by atoms with Crippen LogP contribution in [0.1, 0.15) is 25.0 Å². The van der Waals surface area contributed by atoms with Gasteiger partial charge in [-0.05, 0) is 24.1 Å². The average Bonchev–Trinajstić information content (AvgIpc) is 2.40. The van der Waals surface area contributed by atoms with Crippen molar-refractivity contribution in [3.63, 3.8) is 0 Å². The fourth-order valence-corrected chi connectivity index (χ4v) is 2.47. The molecule has 0 N–H and O–H groups in total. The predicted octanol–water partition coefficient (Wildman–Crippen LogP) is 2.39. The van der Waals surface area contributed by atoms with Crippen LogP contribution in [0.4, 0.5) is 0 Å². The number of nitrogens with zero attached hydrogens (tertiary/aromatic N) is 2. The molecule has 0 saturated carbocycles. The molecule has 0 aliphatic carbocycles. The summed E-state index contributed by atoms with van der Waals surface area (Å²) >= 11 is 0. The lowest BCUT2D eigenvalue weighted by Crippen LogP contribution is -2.45. The van der Waals surface area contributed by atoms with Crippen molar-refractivity contribution in [1.82, 2.24) is 9.80 Å². The van der Waals surface area contributed by atoms with Gasteiger partial charge in [-0.3, -0.25) is 4.90 Å². The Balaban J connectivity index is 1.88. The molecule has 1 aliphatic rings. The fourth-order valence-electron chi connectivity index (χ4n) is 2.47.